The first-order valence-electron chi connectivity index (χ1n) is 6.40. The van der Waals surface area contributed by atoms with Gasteiger partial charge in [-0.25, -0.2) is 4.79 Å². The van der Waals surface area contributed by atoms with Gasteiger partial charge in [0.05, 0.1) is 11.1 Å². The molecule has 1 heterocycles. The van der Waals surface area contributed by atoms with E-state index in [-0.39, 0.29) is 5.59 Å². The van der Waals surface area contributed by atoms with Gasteiger partial charge in [0, 0.05) is 5.39 Å². The van der Waals surface area contributed by atoms with E-state index in [0.717, 1.165) is 10.9 Å². The van der Waals surface area contributed by atoms with Crippen molar-refractivity contribution in [2.75, 3.05) is 0 Å². The Labute approximate surface area is 117 Å². The number of carbonyl (C=O) groups is 1. The molecule has 0 radical (unpaired) electrons. The average molecular weight is 275 g/mol. The summed E-state index contributed by atoms with van der Waals surface area (Å²) in [7, 11) is -1.74. The number of carbonyl (C=O) groups excluding carboxylic acids is 1. The maximum atomic E-state index is 12.3. The molecule has 1 aromatic heterocycles. The van der Waals surface area contributed by atoms with Crippen LogP contribution in [0.3, 0.4) is 0 Å². The van der Waals surface area contributed by atoms with E-state index >= 15 is 0 Å². The number of rotatable bonds is 1. The summed E-state index contributed by atoms with van der Waals surface area (Å²) in [4.78, 5) is 12.3. The number of hydrogen-bond acceptors (Lipinski definition) is 4. The lowest BCUT2D eigenvalue weighted by Crippen LogP contribution is -2.40. The molecule has 0 aliphatic heterocycles. The molecule has 0 aliphatic carbocycles. The summed E-state index contributed by atoms with van der Waals surface area (Å²) in [6.07, 6.45) is -0.626. The third-order valence-electron chi connectivity index (χ3n) is 2.83. The van der Waals surface area contributed by atoms with Crippen molar-refractivity contribution in [1.29, 1.82) is 0 Å². The molecule has 0 unspecified atom stereocenters. The van der Waals surface area contributed by atoms with Gasteiger partial charge in [0.2, 0.25) is 0 Å². The fraction of sp³-hybridized carbons (Fsp3) is 0.357. The van der Waals surface area contributed by atoms with Gasteiger partial charge in [-0.05, 0) is 45.9 Å². The number of fused-ring (bicyclic) bond motifs is 1. The molecule has 0 amide bonds. The second-order valence-corrected chi connectivity index (χ2v) is 5.82. The van der Waals surface area contributed by atoms with E-state index in [0.29, 0.717) is 5.52 Å². The minimum Gasteiger partial charge on any atom is -0.443 e. The highest BCUT2D eigenvalue weighted by atomic mass is 16.6. The second-order valence-electron chi connectivity index (χ2n) is 5.82. The minimum atomic E-state index is -1.74. The summed E-state index contributed by atoms with van der Waals surface area (Å²) in [5.41, 5.74) is 1.06. The summed E-state index contributed by atoms with van der Waals surface area (Å²) in [6, 6.07) is 7.08. The van der Waals surface area contributed by atoms with E-state index < -0.39 is 18.8 Å². The smallest absolute Gasteiger partial charge is 0.443 e. The van der Waals surface area contributed by atoms with Gasteiger partial charge in [0.15, 0.2) is 0 Å². The van der Waals surface area contributed by atoms with E-state index in [4.69, 9.17) is 4.74 Å². The van der Waals surface area contributed by atoms with E-state index in [9.17, 15) is 14.8 Å². The Bertz CT molecular complexity index is 655. The molecule has 0 spiro atoms. The number of benzene rings is 1. The van der Waals surface area contributed by atoms with Gasteiger partial charge >= 0.3 is 13.2 Å². The third-order valence-corrected chi connectivity index (χ3v) is 2.83. The van der Waals surface area contributed by atoms with Crippen molar-refractivity contribution < 1.29 is 19.6 Å². The Kier molecular flexibility index (Phi) is 3.62. The van der Waals surface area contributed by atoms with E-state index in [1.807, 2.05) is 19.1 Å². The summed E-state index contributed by atoms with van der Waals surface area (Å²) < 4.78 is 6.51. The third kappa shape index (κ3) is 2.86. The highest BCUT2D eigenvalue weighted by molar-refractivity contribution is 6.59. The Hall–Kier alpha value is -1.79. The maximum absolute atomic E-state index is 12.3. The van der Waals surface area contributed by atoms with Gasteiger partial charge in [-0.3, -0.25) is 4.57 Å². The van der Waals surface area contributed by atoms with Gasteiger partial charge in [0.1, 0.15) is 5.60 Å². The van der Waals surface area contributed by atoms with Crippen LogP contribution >= 0.6 is 0 Å². The molecule has 0 fully saturated rings. The van der Waals surface area contributed by atoms with Crippen molar-refractivity contribution in [2.45, 2.75) is 33.3 Å². The Morgan fingerprint density at radius 3 is 2.45 bits per heavy atom. The molecule has 2 aromatic rings. The molecule has 2 N–H and O–H groups in total. The molecule has 0 saturated carbocycles. The maximum Gasteiger partial charge on any atom is 0.506 e. The Morgan fingerprint density at radius 2 is 1.90 bits per heavy atom. The number of nitrogens with zero attached hydrogens (tertiary/aromatic N) is 1. The van der Waals surface area contributed by atoms with Crippen LogP contribution in [0.1, 0.15) is 26.3 Å². The van der Waals surface area contributed by atoms with Gasteiger partial charge in [0.25, 0.3) is 0 Å². The predicted molar refractivity (Wildman–Crippen MR) is 78.1 cm³/mol. The minimum absolute atomic E-state index is 0.0971. The van der Waals surface area contributed by atoms with Crippen LogP contribution in [0.25, 0.3) is 10.9 Å². The SMILES string of the molecule is Cc1ccc2c(c1)cc(B(O)O)n2C(=O)OC(C)(C)C. The molecule has 0 bridgehead atoms. The average Bonchev–Trinajstić information content (AvgIpc) is 2.64. The molecule has 6 heteroatoms. The quantitative estimate of drug-likeness (QED) is 0.772. The molecule has 0 saturated heterocycles. The standard InChI is InChI=1S/C14H18BNO4/c1-9-5-6-11-10(7-9)8-12(15(18)19)16(11)13(17)20-14(2,3)4/h5-8,18-19H,1-4H3. The van der Waals surface area contributed by atoms with Crippen LogP contribution in [-0.4, -0.2) is 33.4 Å². The van der Waals surface area contributed by atoms with E-state index in [2.05, 4.69) is 0 Å². The first kappa shape index (κ1) is 14.6. The first-order valence-corrected chi connectivity index (χ1v) is 6.40. The topological polar surface area (TPSA) is 71.7 Å². The molecule has 106 valence electrons. The molecule has 20 heavy (non-hydrogen) atoms. The van der Waals surface area contributed by atoms with Gasteiger partial charge in [-0.15, -0.1) is 0 Å². The van der Waals surface area contributed by atoms with Crippen molar-refractivity contribution in [3.63, 3.8) is 0 Å². The van der Waals surface area contributed by atoms with Crippen LogP contribution in [0, 0.1) is 6.92 Å². The second kappa shape index (κ2) is 4.96. The lowest BCUT2D eigenvalue weighted by Gasteiger charge is -2.21. The van der Waals surface area contributed by atoms with Crippen LogP contribution in [0.5, 0.6) is 0 Å². The Morgan fingerprint density at radius 1 is 1.25 bits per heavy atom. The van der Waals surface area contributed by atoms with Crippen LogP contribution in [0.4, 0.5) is 4.79 Å². The zero-order valence-corrected chi connectivity index (χ0v) is 12.0. The summed E-state index contributed by atoms with van der Waals surface area (Å²) in [5, 5.41) is 19.7. The first-order chi connectivity index (χ1) is 9.19. The molecule has 0 atom stereocenters. The largest absolute Gasteiger partial charge is 0.506 e. The van der Waals surface area contributed by atoms with Gasteiger partial charge < -0.3 is 14.8 Å². The summed E-state index contributed by atoms with van der Waals surface area (Å²) >= 11 is 0. The molecule has 2 rings (SSSR count). The summed E-state index contributed by atoms with van der Waals surface area (Å²) in [6.45, 7) is 7.21. The molecule has 5 nitrogen and oxygen atoms in total. The van der Waals surface area contributed by atoms with Gasteiger partial charge in [-0.2, -0.15) is 0 Å². The fourth-order valence-electron chi connectivity index (χ4n) is 2.06. The number of ether oxygens (including phenoxy) is 1. The molecule has 1 aromatic carbocycles. The van der Waals surface area contributed by atoms with E-state index in [1.165, 1.54) is 4.57 Å². The Balaban J connectivity index is 2.60. The highest BCUT2D eigenvalue weighted by Gasteiger charge is 2.26. The zero-order valence-electron chi connectivity index (χ0n) is 12.0. The predicted octanol–water partition coefficient (Wildman–Crippen LogP) is 1.41. The van der Waals surface area contributed by atoms with Crippen molar-refractivity contribution in [1.82, 2.24) is 4.57 Å². The van der Waals surface area contributed by atoms with Crippen LogP contribution in [0.15, 0.2) is 24.3 Å². The fourth-order valence-corrected chi connectivity index (χ4v) is 2.06. The van der Waals surface area contributed by atoms with Crippen molar-refractivity contribution in [3.8, 4) is 0 Å². The molecular formula is C14H18BNO4. The molecular weight excluding hydrogens is 257 g/mol. The monoisotopic (exact) mass is 275 g/mol. The summed E-state index contributed by atoms with van der Waals surface area (Å²) in [5.74, 6) is 0. The van der Waals surface area contributed by atoms with Crippen molar-refractivity contribution in [2.24, 2.45) is 0 Å². The zero-order chi connectivity index (χ0) is 15.1. The lowest BCUT2D eigenvalue weighted by molar-refractivity contribution is 0.0547. The van der Waals surface area contributed by atoms with E-state index in [1.54, 1.807) is 32.9 Å². The lowest BCUT2D eigenvalue weighted by atomic mass is 9.86. The van der Waals surface area contributed by atoms with Crippen molar-refractivity contribution in [3.05, 3.63) is 29.8 Å². The van der Waals surface area contributed by atoms with Gasteiger partial charge in [-0.1, -0.05) is 11.6 Å². The van der Waals surface area contributed by atoms with Crippen molar-refractivity contribution >= 4 is 29.7 Å². The number of hydrogen-bond donors (Lipinski definition) is 2. The van der Waals surface area contributed by atoms with Crippen LogP contribution < -0.4 is 5.59 Å². The van der Waals surface area contributed by atoms with Crippen LogP contribution in [-0.2, 0) is 4.74 Å². The normalized spacial score (nSPS) is 11.7. The highest BCUT2D eigenvalue weighted by Crippen LogP contribution is 2.18. The number of aryl methyl sites for hydroxylation is 1. The number of aromatic nitrogens is 1. The van der Waals surface area contributed by atoms with Crippen LogP contribution in [0.2, 0.25) is 0 Å². The molecule has 0 aliphatic rings.